The Balaban J connectivity index is 1.74. The van der Waals surface area contributed by atoms with Crippen LogP contribution in [0.4, 0.5) is 4.39 Å². The number of hydrogen-bond acceptors (Lipinski definition) is 4. The maximum Gasteiger partial charge on any atom is 0.284 e. The van der Waals surface area contributed by atoms with E-state index >= 15 is 0 Å². The molecule has 0 aliphatic rings. The van der Waals surface area contributed by atoms with Gasteiger partial charge in [-0.2, -0.15) is 0 Å². The van der Waals surface area contributed by atoms with Crippen LogP contribution in [0.25, 0.3) is 0 Å². The van der Waals surface area contributed by atoms with Gasteiger partial charge in [0.15, 0.2) is 6.10 Å². The molecule has 0 aliphatic heterocycles. The molecule has 1 atom stereocenters. The smallest absolute Gasteiger partial charge is 0.284 e. The van der Waals surface area contributed by atoms with E-state index in [0.717, 1.165) is 31.5 Å². The predicted octanol–water partition coefficient (Wildman–Crippen LogP) is 4.00. The fourth-order valence-electron chi connectivity index (χ4n) is 2.59. The molecule has 0 radical (unpaired) electrons. The number of nitrogens with one attached hydrogen (secondary N) is 2. The molecule has 146 valence electrons. The number of halogens is 2. The molecule has 0 spiro atoms. The zero-order chi connectivity index (χ0) is 19.6. The summed E-state index contributed by atoms with van der Waals surface area (Å²) >= 11 is 5.85. The number of benzene rings is 2. The highest BCUT2D eigenvalue weighted by Gasteiger charge is 2.19. The molecule has 27 heavy (non-hydrogen) atoms. The quantitative estimate of drug-likeness (QED) is 0.323. The van der Waals surface area contributed by atoms with Crippen molar-refractivity contribution >= 4 is 17.5 Å². The molecule has 0 saturated carbocycles. The van der Waals surface area contributed by atoms with E-state index < -0.39 is 12.0 Å². The second-order valence-corrected chi connectivity index (χ2v) is 6.73. The van der Waals surface area contributed by atoms with Gasteiger partial charge in [-0.3, -0.25) is 10.0 Å². The van der Waals surface area contributed by atoms with Crippen molar-refractivity contribution in [3.63, 3.8) is 0 Å². The average molecular weight is 395 g/mol. The Morgan fingerprint density at radius 1 is 1.22 bits per heavy atom. The van der Waals surface area contributed by atoms with Gasteiger partial charge in [-0.1, -0.05) is 23.7 Å². The van der Waals surface area contributed by atoms with E-state index in [0.29, 0.717) is 22.8 Å². The fraction of sp³-hybridized carbons (Fsp3) is 0.350. The molecule has 0 unspecified atom stereocenters. The first-order valence-electron chi connectivity index (χ1n) is 8.81. The van der Waals surface area contributed by atoms with Crippen LogP contribution in [0.3, 0.4) is 0 Å². The Hall–Kier alpha value is -2.15. The third-order valence-corrected chi connectivity index (χ3v) is 4.37. The lowest BCUT2D eigenvalue weighted by atomic mass is 10.1. The Bertz CT molecular complexity index is 741. The lowest BCUT2D eigenvalue weighted by Crippen LogP contribution is -2.36. The van der Waals surface area contributed by atoms with Gasteiger partial charge in [0.25, 0.3) is 5.91 Å². The highest BCUT2D eigenvalue weighted by molar-refractivity contribution is 6.30. The topological polar surface area (TPSA) is 70.6 Å². The maximum absolute atomic E-state index is 13.3. The van der Waals surface area contributed by atoms with Crippen LogP contribution in [0.1, 0.15) is 30.4 Å². The number of carbonyl (C=O) groups is 1. The third-order valence-electron chi connectivity index (χ3n) is 4.12. The molecular formula is C20H24ClFN2O3. The zero-order valence-electron chi connectivity index (χ0n) is 15.2. The van der Waals surface area contributed by atoms with E-state index in [4.69, 9.17) is 21.5 Å². The first-order valence-corrected chi connectivity index (χ1v) is 9.19. The van der Waals surface area contributed by atoms with Gasteiger partial charge in [0.1, 0.15) is 11.6 Å². The van der Waals surface area contributed by atoms with Crippen LogP contribution in [0.15, 0.2) is 42.5 Å². The monoisotopic (exact) mass is 394 g/mol. The van der Waals surface area contributed by atoms with Gasteiger partial charge in [-0.05, 0) is 74.2 Å². The number of rotatable bonds is 10. The molecule has 2 rings (SSSR count). The highest BCUT2D eigenvalue weighted by Crippen LogP contribution is 2.19. The molecule has 5 nitrogen and oxygen atoms in total. The molecule has 3 N–H and O–H groups in total. The Labute approximate surface area is 163 Å². The van der Waals surface area contributed by atoms with Crippen LogP contribution in [0.2, 0.25) is 5.02 Å². The van der Waals surface area contributed by atoms with Crippen LogP contribution in [0.5, 0.6) is 5.75 Å². The lowest BCUT2D eigenvalue weighted by Gasteiger charge is -2.17. The first kappa shape index (κ1) is 21.2. The fourth-order valence-corrected chi connectivity index (χ4v) is 2.71. The zero-order valence-corrected chi connectivity index (χ0v) is 15.9. The molecule has 0 aromatic heterocycles. The minimum Gasteiger partial charge on any atom is -0.481 e. The average Bonchev–Trinajstić information content (AvgIpc) is 2.67. The molecule has 0 saturated heterocycles. The summed E-state index contributed by atoms with van der Waals surface area (Å²) < 4.78 is 19.0. The van der Waals surface area contributed by atoms with Crippen LogP contribution in [0, 0.1) is 12.7 Å². The summed E-state index contributed by atoms with van der Waals surface area (Å²) in [6.07, 6.45) is 1.17. The Kier molecular flexibility index (Phi) is 8.51. The molecule has 0 heterocycles. The minimum atomic E-state index is -0.837. The van der Waals surface area contributed by atoms with Crippen LogP contribution in [-0.4, -0.2) is 23.8 Å². The highest BCUT2D eigenvalue weighted by atomic mass is 35.5. The van der Waals surface area contributed by atoms with Crippen molar-refractivity contribution in [2.45, 2.75) is 38.8 Å². The van der Waals surface area contributed by atoms with Gasteiger partial charge >= 0.3 is 0 Å². The normalized spacial score (nSPS) is 11.9. The van der Waals surface area contributed by atoms with E-state index in [9.17, 15) is 9.18 Å². The van der Waals surface area contributed by atoms with Crippen molar-refractivity contribution in [1.29, 1.82) is 0 Å². The van der Waals surface area contributed by atoms with Gasteiger partial charge in [0.2, 0.25) is 0 Å². The standard InChI is InChI=1S/C20H24ClFN2O3/c1-14-12-17(9-10-18(14)22)27-19(20(25)24-26)4-2-3-11-23-13-15-5-7-16(21)8-6-15/h5-10,12,19,23,26H,2-4,11,13H2,1H3,(H,24,25)/t19-/m1/s1. The molecule has 0 bridgehead atoms. The summed E-state index contributed by atoms with van der Waals surface area (Å²) in [5.74, 6) is -0.563. The molecule has 1 amide bonds. The summed E-state index contributed by atoms with van der Waals surface area (Å²) in [7, 11) is 0. The van der Waals surface area contributed by atoms with E-state index in [2.05, 4.69) is 5.32 Å². The van der Waals surface area contributed by atoms with Crippen LogP contribution < -0.4 is 15.5 Å². The number of ether oxygens (including phenoxy) is 1. The summed E-state index contributed by atoms with van der Waals surface area (Å²) in [6.45, 7) is 3.14. The van der Waals surface area contributed by atoms with E-state index in [-0.39, 0.29) is 5.82 Å². The summed E-state index contributed by atoms with van der Waals surface area (Å²) in [5.41, 5.74) is 3.20. The first-order chi connectivity index (χ1) is 13.0. The number of amides is 1. The van der Waals surface area contributed by atoms with Gasteiger partial charge in [0, 0.05) is 11.6 Å². The molecule has 0 fully saturated rings. The van der Waals surface area contributed by atoms with Crippen molar-refractivity contribution < 1.29 is 19.1 Å². The Morgan fingerprint density at radius 3 is 2.63 bits per heavy atom. The van der Waals surface area contributed by atoms with E-state index in [1.54, 1.807) is 12.4 Å². The summed E-state index contributed by atoms with van der Waals surface area (Å²) in [4.78, 5) is 11.8. The van der Waals surface area contributed by atoms with Gasteiger partial charge in [-0.25, -0.2) is 9.87 Å². The van der Waals surface area contributed by atoms with Gasteiger partial charge in [0.05, 0.1) is 0 Å². The van der Waals surface area contributed by atoms with Gasteiger partial charge < -0.3 is 10.1 Å². The predicted molar refractivity (Wildman–Crippen MR) is 102 cm³/mol. The lowest BCUT2D eigenvalue weighted by molar-refractivity contribution is -0.136. The molecule has 2 aromatic carbocycles. The van der Waals surface area contributed by atoms with E-state index in [1.165, 1.54) is 18.2 Å². The molecule has 2 aromatic rings. The summed E-state index contributed by atoms with van der Waals surface area (Å²) in [6, 6.07) is 11.9. The van der Waals surface area contributed by atoms with E-state index in [1.807, 2.05) is 24.3 Å². The second-order valence-electron chi connectivity index (χ2n) is 6.29. The van der Waals surface area contributed by atoms with Gasteiger partial charge in [-0.15, -0.1) is 0 Å². The van der Waals surface area contributed by atoms with Crippen molar-refractivity contribution in [1.82, 2.24) is 10.8 Å². The molecular weight excluding hydrogens is 371 g/mol. The number of unbranched alkanes of at least 4 members (excludes halogenated alkanes) is 1. The number of hydrogen-bond donors (Lipinski definition) is 3. The van der Waals surface area contributed by atoms with Crippen LogP contribution >= 0.6 is 11.6 Å². The molecule has 0 aliphatic carbocycles. The van der Waals surface area contributed by atoms with Crippen molar-refractivity contribution in [3.8, 4) is 5.75 Å². The summed E-state index contributed by atoms with van der Waals surface area (Å²) in [5, 5.41) is 12.9. The molecule has 7 heteroatoms. The Morgan fingerprint density at radius 2 is 1.96 bits per heavy atom. The SMILES string of the molecule is Cc1cc(O[C@H](CCCCNCc2ccc(Cl)cc2)C(=O)NO)ccc1F. The second kappa shape index (κ2) is 10.9. The van der Waals surface area contributed by atoms with Crippen molar-refractivity contribution in [2.75, 3.05) is 6.54 Å². The van der Waals surface area contributed by atoms with Crippen molar-refractivity contribution in [3.05, 3.63) is 64.4 Å². The maximum atomic E-state index is 13.3. The number of aryl methyl sites for hydroxylation is 1. The number of carbonyl (C=O) groups excluding carboxylic acids is 1. The van der Waals surface area contributed by atoms with Crippen molar-refractivity contribution in [2.24, 2.45) is 0 Å². The third kappa shape index (κ3) is 7.17. The number of hydroxylamine groups is 1. The largest absolute Gasteiger partial charge is 0.481 e. The minimum absolute atomic E-state index is 0.336. The van der Waals surface area contributed by atoms with Crippen LogP contribution in [-0.2, 0) is 11.3 Å².